The third-order valence-electron chi connectivity index (χ3n) is 3.44. The molecule has 1 fully saturated rings. The molecule has 0 aliphatic carbocycles. The zero-order valence-electron chi connectivity index (χ0n) is 12.3. The average molecular weight is 276 g/mol. The minimum Gasteiger partial charge on any atom is -0.373 e. The second-order valence-corrected chi connectivity index (χ2v) is 5.54. The van der Waals surface area contributed by atoms with E-state index < -0.39 is 0 Å². The number of hydrogen-bond acceptors (Lipinski definition) is 3. The maximum Gasteiger partial charge on any atom is 0.234 e. The Hall–Kier alpha value is -1.39. The molecular weight excluding hydrogens is 252 g/mol. The van der Waals surface area contributed by atoms with Crippen molar-refractivity contribution in [2.45, 2.75) is 32.5 Å². The molecule has 110 valence electrons. The molecule has 1 saturated heterocycles. The molecule has 1 aromatic rings. The molecule has 1 heterocycles. The Labute approximate surface area is 121 Å². The van der Waals surface area contributed by atoms with Crippen molar-refractivity contribution in [3.8, 4) is 0 Å². The van der Waals surface area contributed by atoms with Crippen LogP contribution in [0.4, 0.5) is 0 Å². The fourth-order valence-corrected chi connectivity index (χ4v) is 2.66. The summed E-state index contributed by atoms with van der Waals surface area (Å²) in [6.07, 6.45) is 1.29. The SMILES string of the molecule is C[C@H]1CN(CC(=O)NCCc2ccccc2)C[C@H](C)O1. The van der Waals surface area contributed by atoms with E-state index in [-0.39, 0.29) is 18.1 Å². The lowest BCUT2D eigenvalue weighted by molar-refractivity contribution is -0.125. The molecule has 1 amide bonds. The third kappa shape index (κ3) is 4.94. The highest BCUT2D eigenvalue weighted by atomic mass is 16.5. The fourth-order valence-electron chi connectivity index (χ4n) is 2.66. The Morgan fingerprint density at radius 3 is 2.55 bits per heavy atom. The van der Waals surface area contributed by atoms with Gasteiger partial charge in [-0.3, -0.25) is 9.69 Å². The molecule has 0 aromatic heterocycles. The Bertz CT molecular complexity index is 412. The molecule has 0 spiro atoms. The van der Waals surface area contributed by atoms with E-state index in [4.69, 9.17) is 4.74 Å². The quantitative estimate of drug-likeness (QED) is 0.885. The van der Waals surface area contributed by atoms with Gasteiger partial charge in [0.15, 0.2) is 0 Å². The monoisotopic (exact) mass is 276 g/mol. The van der Waals surface area contributed by atoms with E-state index in [1.807, 2.05) is 18.2 Å². The largest absolute Gasteiger partial charge is 0.373 e. The van der Waals surface area contributed by atoms with Crippen molar-refractivity contribution in [3.63, 3.8) is 0 Å². The van der Waals surface area contributed by atoms with Crippen LogP contribution in [0.1, 0.15) is 19.4 Å². The van der Waals surface area contributed by atoms with E-state index >= 15 is 0 Å². The van der Waals surface area contributed by atoms with E-state index in [9.17, 15) is 4.79 Å². The van der Waals surface area contributed by atoms with Crippen LogP contribution in [0.5, 0.6) is 0 Å². The van der Waals surface area contributed by atoms with Crippen molar-refractivity contribution >= 4 is 5.91 Å². The minimum absolute atomic E-state index is 0.0993. The topological polar surface area (TPSA) is 41.6 Å². The van der Waals surface area contributed by atoms with Gasteiger partial charge in [-0.2, -0.15) is 0 Å². The fraction of sp³-hybridized carbons (Fsp3) is 0.562. The lowest BCUT2D eigenvalue weighted by Crippen LogP contribution is -2.49. The first-order chi connectivity index (χ1) is 9.63. The molecule has 0 saturated carbocycles. The summed E-state index contributed by atoms with van der Waals surface area (Å²) in [6.45, 7) is 6.92. The molecule has 4 heteroatoms. The van der Waals surface area contributed by atoms with Crippen LogP contribution in [0.25, 0.3) is 0 Å². The number of rotatable bonds is 5. The Kier molecular flexibility index (Phi) is 5.56. The van der Waals surface area contributed by atoms with Gasteiger partial charge < -0.3 is 10.1 Å². The number of morpholine rings is 1. The van der Waals surface area contributed by atoms with Gasteiger partial charge in [-0.1, -0.05) is 30.3 Å². The van der Waals surface area contributed by atoms with Crippen LogP contribution in [0.15, 0.2) is 30.3 Å². The summed E-state index contributed by atoms with van der Waals surface area (Å²) in [5.41, 5.74) is 1.25. The second-order valence-electron chi connectivity index (χ2n) is 5.54. The van der Waals surface area contributed by atoms with E-state index in [0.717, 1.165) is 19.5 Å². The lowest BCUT2D eigenvalue weighted by Gasteiger charge is -2.34. The van der Waals surface area contributed by atoms with Crippen LogP contribution >= 0.6 is 0 Å². The zero-order chi connectivity index (χ0) is 14.4. The van der Waals surface area contributed by atoms with E-state index in [1.165, 1.54) is 5.56 Å². The highest BCUT2D eigenvalue weighted by Gasteiger charge is 2.23. The third-order valence-corrected chi connectivity index (χ3v) is 3.44. The summed E-state index contributed by atoms with van der Waals surface area (Å²) in [6, 6.07) is 10.2. The highest BCUT2D eigenvalue weighted by Crippen LogP contribution is 2.09. The van der Waals surface area contributed by atoms with Crippen molar-refractivity contribution in [2.24, 2.45) is 0 Å². The van der Waals surface area contributed by atoms with E-state index in [0.29, 0.717) is 13.1 Å². The van der Waals surface area contributed by atoms with E-state index in [1.54, 1.807) is 0 Å². The minimum atomic E-state index is 0.0993. The highest BCUT2D eigenvalue weighted by molar-refractivity contribution is 5.78. The number of carbonyl (C=O) groups excluding carboxylic acids is 1. The molecule has 0 unspecified atom stereocenters. The van der Waals surface area contributed by atoms with Gasteiger partial charge in [0.05, 0.1) is 18.8 Å². The summed E-state index contributed by atoms with van der Waals surface area (Å²) >= 11 is 0. The number of benzene rings is 1. The molecule has 20 heavy (non-hydrogen) atoms. The van der Waals surface area contributed by atoms with Crippen molar-refractivity contribution in [3.05, 3.63) is 35.9 Å². The summed E-state index contributed by atoms with van der Waals surface area (Å²) in [4.78, 5) is 14.1. The zero-order valence-corrected chi connectivity index (χ0v) is 12.3. The summed E-state index contributed by atoms with van der Waals surface area (Å²) in [7, 11) is 0. The maximum absolute atomic E-state index is 11.9. The Balaban J connectivity index is 1.67. The molecular formula is C16H24N2O2. The van der Waals surface area contributed by atoms with Gasteiger partial charge in [-0.05, 0) is 25.8 Å². The number of hydrogen-bond donors (Lipinski definition) is 1. The number of amides is 1. The van der Waals surface area contributed by atoms with Crippen molar-refractivity contribution in [2.75, 3.05) is 26.2 Å². The van der Waals surface area contributed by atoms with E-state index in [2.05, 4.69) is 36.2 Å². The van der Waals surface area contributed by atoms with Gasteiger partial charge in [-0.25, -0.2) is 0 Å². The van der Waals surface area contributed by atoms with Crippen LogP contribution in [0.2, 0.25) is 0 Å². The van der Waals surface area contributed by atoms with Gasteiger partial charge in [0, 0.05) is 19.6 Å². The smallest absolute Gasteiger partial charge is 0.234 e. The Morgan fingerprint density at radius 2 is 1.90 bits per heavy atom. The van der Waals surface area contributed by atoms with Crippen molar-refractivity contribution < 1.29 is 9.53 Å². The number of nitrogens with zero attached hydrogens (tertiary/aromatic N) is 1. The summed E-state index contributed by atoms with van der Waals surface area (Å²) in [5.74, 6) is 0.0993. The lowest BCUT2D eigenvalue weighted by atomic mass is 10.1. The number of carbonyl (C=O) groups is 1. The average Bonchev–Trinajstić information content (AvgIpc) is 2.38. The molecule has 0 radical (unpaired) electrons. The molecule has 2 rings (SSSR count). The van der Waals surface area contributed by atoms with Gasteiger partial charge in [-0.15, -0.1) is 0 Å². The molecule has 1 N–H and O–H groups in total. The number of nitrogens with one attached hydrogen (secondary N) is 1. The predicted octanol–water partition coefficient (Wildman–Crippen LogP) is 1.45. The van der Waals surface area contributed by atoms with Crippen LogP contribution in [-0.2, 0) is 16.0 Å². The maximum atomic E-state index is 11.9. The molecule has 4 nitrogen and oxygen atoms in total. The molecule has 1 aliphatic rings. The van der Waals surface area contributed by atoms with Crippen molar-refractivity contribution in [1.29, 1.82) is 0 Å². The van der Waals surface area contributed by atoms with Gasteiger partial charge >= 0.3 is 0 Å². The summed E-state index contributed by atoms with van der Waals surface area (Å²) in [5, 5.41) is 2.99. The predicted molar refractivity (Wildman–Crippen MR) is 79.6 cm³/mol. The first kappa shape index (κ1) is 15.0. The molecule has 2 atom stereocenters. The van der Waals surface area contributed by atoms with Crippen molar-refractivity contribution in [1.82, 2.24) is 10.2 Å². The van der Waals surface area contributed by atoms with Gasteiger partial charge in [0.2, 0.25) is 5.91 Å². The molecule has 1 aliphatic heterocycles. The summed E-state index contributed by atoms with van der Waals surface area (Å²) < 4.78 is 5.66. The van der Waals surface area contributed by atoms with Gasteiger partial charge in [0.1, 0.15) is 0 Å². The van der Waals surface area contributed by atoms with Crippen LogP contribution in [-0.4, -0.2) is 49.2 Å². The first-order valence-corrected chi connectivity index (χ1v) is 7.32. The van der Waals surface area contributed by atoms with Crippen LogP contribution in [0.3, 0.4) is 0 Å². The van der Waals surface area contributed by atoms with Crippen LogP contribution < -0.4 is 5.32 Å². The number of ether oxygens (including phenoxy) is 1. The Morgan fingerprint density at radius 1 is 1.25 bits per heavy atom. The van der Waals surface area contributed by atoms with Gasteiger partial charge in [0.25, 0.3) is 0 Å². The molecule has 1 aromatic carbocycles. The second kappa shape index (κ2) is 7.41. The first-order valence-electron chi connectivity index (χ1n) is 7.32. The normalized spacial score (nSPS) is 23.5. The standard InChI is InChI=1S/C16H24N2O2/c1-13-10-18(11-14(2)20-13)12-16(19)17-9-8-15-6-4-3-5-7-15/h3-7,13-14H,8-12H2,1-2H3,(H,17,19)/t13-,14-/m0/s1. The molecule has 0 bridgehead atoms. The van der Waals surface area contributed by atoms with Crippen LogP contribution in [0, 0.1) is 0 Å².